The molecule has 20 heavy (non-hydrogen) atoms. The highest BCUT2D eigenvalue weighted by atomic mass is 35.5. The highest BCUT2D eigenvalue weighted by Crippen LogP contribution is 2.23. The molecule has 0 heterocycles. The highest BCUT2D eigenvalue weighted by molar-refractivity contribution is 6.42. The van der Waals surface area contributed by atoms with Crippen molar-refractivity contribution in [2.45, 2.75) is 20.3 Å². The topological polar surface area (TPSA) is 29.1 Å². The summed E-state index contributed by atoms with van der Waals surface area (Å²) in [6.45, 7) is 4.00. The number of amides is 1. The van der Waals surface area contributed by atoms with Crippen molar-refractivity contribution in [2.75, 3.05) is 5.32 Å². The van der Waals surface area contributed by atoms with Gasteiger partial charge in [0.1, 0.15) is 0 Å². The summed E-state index contributed by atoms with van der Waals surface area (Å²) in [5, 5.41) is 3.86. The molecule has 2 aromatic rings. The zero-order chi connectivity index (χ0) is 14.7. The third kappa shape index (κ3) is 3.75. The van der Waals surface area contributed by atoms with E-state index < -0.39 is 0 Å². The molecule has 0 radical (unpaired) electrons. The lowest BCUT2D eigenvalue weighted by Crippen LogP contribution is -2.15. The molecule has 0 unspecified atom stereocenters. The van der Waals surface area contributed by atoms with Crippen LogP contribution in [0.2, 0.25) is 10.0 Å². The van der Waals surface area contributed by atoms with E-state index in [0.717, 1.165) is 16.8 Å². The van der Waals surface area contributed by atoms with Gasteiger partial charge in [0, 0.05) is 5.69 Å². The Morgan fingerprint density at radius 1 is 1.05 bits per heavy atom. The van der Waals surface area contributed by atoms with Crippen LogP contribution in [-0.2, 0) is 11.2 Å². The van der Waals surface area contributed by atoms with Gasteiger partial charge in [0.05, 0.1) is 16.5 Å². The molecule has 2 nitrogen and oxygen atoms in total. The first-order chi connectivity index (χ1) is 9.45. The van der Waals surface area contributed by atoms with Crippen LogP contribution in [0.25, 0.3) is 0 Å². The van der Waals surface area contributed by atoms with Crippen molar-refractivity contribution in [2.24, 2.45) is 0 Å². The van der Waals surface area contributed by atoms with Crippen molar-refractivity contribution in [3.05, 3.63) is 63.1 Å². The summed E-state index contributed by atoms with van der Waals surface area (Å²) in [5.41, 5.74) is 3.89. The molecule has 0 aliphatic heterocycles. The molecule has 0 aliphatic carbocycles. The number of carbonyl (C=O) groups excluding carboxylic acids is 1. The number of aryl methyl sites for hydroxylation is 2. The standard InChI is InChI=1S/C16H15Cl2NO/c1-10-3-6-15(11(2)7-10)19-16(20)9-12-4-5-13(17)14(18)8-12/h3-8H,9H2,1-2H3,(H,19,20). The number of nitrogens with one attached hydrogen (secondary N) is 1. The van der Waals surface area contributed by atoms with E-state index in [1.54, 1.807) is 18.2 Å². The molecule has 0 atom stereocenters. The maximum atomic E-state index is 12.0. The molecule has 1 N–H and O–H groups in total. The van der Waals surface area contributed by atoms with Gasteiger partial charge in [-0.05, 0) is 43.2 Å². The highest BCUT2D eigenvalue weighted by Gasteiger charge is 2.07. The van der Waals surface area contributed by atoms with Crippen LogP contribution < -0.4 is 5.32 Å². The molecule has 4 heteroatoms. The summed E-state index contributed by atoms with van der Waals surface area (Å²) in [6.07, 6.45) is 0.268. The summed E-state index contributed by atoms with van der Waals surface area (Å²) in [5.74, 6) is -0.0738. The number of rotatable bonds is 3. The first-order valence-electron chi connectivity index (χ1n) is 6.27. The molecule has 1 amide bonds. The van der Waals surface area contributed by atoms with Gasteiger partial charge in [-0.1, -0.05) is 47.0 Å². The van der Waals surface area contributed by atoms with E-state index in [-0.39, 0.29) is 12.3 Å². The van der Waals surface area contributed by atoms with Gasteiger partial charge in [0.25, 0.3) is 0 Å². The lowest BCUT2D eigenvalue weighted by Gasteiger charge is -2.09. The summed E-state index contributed by atoms with van der Waals surface area (Å²) < 4.78 is 0. The lowest BCUT2D eigenvalue weighted by molar-refractivity contribution is -0.115. The molecular formula is C16H15Cl2NO. The van der Waals surface area contributed by atoms with Gasteiger partial charge in [0.15, 0.2) is 0 Å². The minimum atomic E-state index is -0.0738. The van der Waals surface area contributed by atoms with Crippen LogP contribution in [0.4, 0.5) is 5.69 Å². The number of hydrogen-bond acceptors (Lipinski definition) is 1. The van der Waals surface area contributed by atoms with Gasteiger partial charge in [-0.15, -0.1) is 0 Å². The average molecular weight is 308 g/mol. The zero-order valence-electron chi connectivity index (χ0n) is 11.3. The fourth-order valence-electron chi connectivity index (χ4n) is 1.98. The van der Waals surface area contributed by atoms with Crippen molar-refractivity contribution < 1.29 is 4.79 Å². The normalized spacial score (nSPS) is 10.4. The van der Waals surface area contributed by atoms with E-state index in [0.29, 0.717) is 10.0 Å². The molecule has 0 spiro atoms. The quantitative estimate of drug-likeness (QED) is 0.867. The minimum Gasteiger partial charge on any atom is -0.326 e. The molecule has 0 aromatic heterocycles. The average Bonchev–Trinajstić information content (AvgIpc) is 2.37. The van der Waals surface area contributed by atoms with Crippen LogP contribution in [0, 0.1) is 13.8 Å². The van der Waals surface area contributed by atoms with Gasteiger partial charge in [-0.2, -0.15) is 0 Å². The molecule has 0 bridgehead atoms. The summed E-state index contributed by atoms with van der Waals surface area (Å²) in [6, 6.07) is 11.1. The Hall–Kier alpha value is -1.51. The fourth-order valence-corrected chi connectivity index (χ4v) is 2.30. The van der Waals surface area contributed by atoms with Crippen LogP contribution in [0.1, 0.15) is 16.7 Å². The monoisotopic (exact) mass is 307 g/mol. The molecule has 0 aliphatic rings. The van der Waals surface area contributed by atoms with Crippen molar-refractivity contribution in [1.82, 2.24) is 0 Å². The second-order valence-electron chi connectivity index (χ2n) is 4.79. The summed E-state index contributed by atoms with van der Waals surface area (Å²) >= 11 is 11.8. The molecular weight excluding hydrogens is 293 g/mol. The van der Waals surface area contributed by atoms with Gasteiger partial charge in [-0.25, -0.2) is 0 Å². The fraction of sp³-hybridized carbons (Fsp3) is 0.188. The number of halogens is 2. The minimum absolute atomic E-state index is 0.0738. The van der Waals surface area contributed by atoms with E-state index in [1.165, 1.54) is 5.56 Å². The maximum Gasteiger partial charge on any atom is 0.228 e. The number of carbonyl (C=O) groups is 1. The third-order valence-electron chi connectivity index (χ3n) is 3.00. The first kappa shape index (κ1) is 14.9. The van der Waals surface area contributed by atoms with Crippen LogP contribution in [0.5, 0.6) is 0 Å². The Labute approximate surface area is 128 Å². The van der Waals surface area contributed by atoms with E-state index >= 15 is 0 Å². The van der Waals surface area contributed by atoms with Crippen molar-refractivity contribution in [1.29, 1.82) is 0 Å². The Kier molecular flexibility index (Phi) is 4.69. The van der Waals surface area contributed by atoms with E-state index in [9.17, 15) is 4.79 Å². The molecule has 0 saturated heterocycles. The molecule has 2 aromatic carbocycles. The van der Waals surface area contributed by atoms with Gasteiger partial charge >= 0.3 is 0 Å². The Bertz CT molecular complexity index is 653. The number of anilines is 1. The van der Waals surface area contributed by atoms with Gasteiger partial charge in [-0.3, -0.25) is 4.79 Å². The second-order valence-corrected chi connectivity index (χ2v) is 5.61. The third-order valence-corrected chi connectivity index (χ3v) is 3.74. The Balaban J connectivity index is 2.07. The lowest BCUT2D eigenvalue weighted by atomic mass is 10.1. The van der Waals surface area contributed by atoms with E-state index in [4.69, 9.17) is 23.2 Å². The number of benzene rings is 2. The largest absolute Gasteiger partial charge is 0.326 e. The second kappa shape index (κ2) is 6.29. The predicted molar refractivity (Wildman–Crippen MR) is 84.7 cm³/mol. The van der Waals surface area contributed by atoms with Crippen LogP contribution in [0.15, 0.2) is 36.4 Å². The molecule has 104 valence electrons. The first-order valence-corrected chi connectivity index (χ1v) is 7.02. The Morgan fingerprint density at radius 3 is 2.45 bits per heavy atom. The van der Waals surface area contributed by atoms with Gasteiger partial charge < -0.3 is 5.32 Å². The maximum absolute atomic E-state index is 12.0. The Morgan fingerprint density at radius 2 is 1.80 bits per heavy atom. The van der Waals surface area contributed by atoms with Gasteiger partial charge in [0.2, 0.25) is 5.91 Å². The SMILES string of the molecule is Cc1ccc(NC(=O)Cc2ccc(Cl)c(Cl)c2)c(C)c1. The number of hydrogen-bond donors (Lipinski definition) is 1. The van der Waals surface area contributed by atoms with Crippen LogP contribution in [0.3, 0.4) is 0 Å². The predicted octanol–water partition coefficient (Wildman–Crippen LogP) is 4.79. The molecule has 0 fully saturated rings. The van der Waals surface area contributed by atoms with Crippen molar-refractivity contribution in [3.63, 3.8) is 0 Å². The van der Waals surface area contributed by atoms with Crippen LogP contribution in [-0.4, -0.2) is 5.91 Å². The summed E-state index contributed by atoms with van der Waals surface area (Å²) in [7, 11) is 0. The van der Waals surface area contributed by atoms with Crippen LogP contribution >= 0.6 is 23.2 Å². The molecule has 2 rings (SSSR count). The van der Waals surface area contributed by atoms with E-state index in [2.05, 4.69) is 5.32 Å². The van der Waals surface area contributed by atoms with Crippen molar-refractivity contribution >= 4 is 34.8 Å². The van der Waals surface area contributed by atoms with Crippen molar-refractivity contribution in [3.8, 4) is 0 Å². The van der Waals surface area contributed by atoms with E-state index in [1.807, 2.05) is 32.0 Å². The smallest absolute Gasteiger partial charge is 0.228 e. The molecule has 0 saturated carbocycles. The zero-order valence-corrected chi connectivity index (χ0v) is 12.8. The summed E-state index contributed by atoms with van der Waals surface area (Å²) in [4.78, 5) is 12.0.